The van der Waals surface area contributed by atoms with Crippen molar-refractivity contribution in [3.63, 3.8) is 0 Å². The monoisotopic (exact) mass is 289 g/mol. The van der Waals surface area contributed by atoms with Crippen LogP contribution in [0.2, 0.25) is 0 Å². The summed E-state index contributed by atoms with van der Waals surface area (Å²) in [6, 6.07) is 3.94. The molecule has 1 aliphatic rings. The van der Waals surface area contributed by atoms with Gasteiger partial charge in [0.1, 0.15) is 5.82 Å². The molecule has 0 aliphatic carbocycles. The van der Waals surface area contributed by atoms with E-state index in [1.165, 1.54) is 18.2 Å². The van der Waals surface area contributed by atoms with Gasteiger partial charge in [0.05, 0.1) is 18.1 Å². The van der Waals surface area contributed by atoms with Crippen LogP contribution < -0.4 is 5.11 Å². The number of carbonyl (C=O) groups excluding carboxylic acids is 2. The number of rotatable bonds is 3. The minimum absolute atomic E-state index is 0.0627. The molecule has 1 N–H and O–H groups in total. The quantitative estimate of drug-likeness (QED) is 0.909. The first-order chi connectivity index (χ1) is 10.1. The molecule has 5 nitrogen and oxygen atoms in total. The van der Waals surface area contributed by atoms with Gasteiger partial charge in [0.15, 0.2) is 0 Å². The van der Waals surface area contributed by atoms with Gasteiger partial charge in [-0.2, -0.15) is 0 Å². The zero-order valence-corrected chi connectivity index (χ0v) is 11.3. The molecule has 3 rings (SSSR count). The molecule has 1 aromatic carbocycles. The summed E-state index contributed by atoms with van der Waals surface area (Å²) in [5.74, 6) is -2.00. The molecule has 1 fully saturated rings. The number of hydrogen-bond donors (Lipinski definition) is 1. The van der Waals surface area contributed by atoms with Crippen LogP contribution in [0.1, 0.15) is 28.9 Å². The minimum atomic E-state index is -1.39. The largest absolute Gasteiger partial charge is 0.543 e. The first kappa shape index (κ1) is 13.6. The van der Waals surface area contributed by atoms with Gasteiger partial charge in [0.25, 0.3) is 0 Å². The third-order valence-electron chi connectivity index (χ3n) is 3.86. The maximum atomic E-state index is 13.4. The molecule has 0 unspecified atom stereocenters. The van der Waals surface area contributed by atoms with Crippen molar-refractivity contribution in [2.45, 2.75) is 19.3 Å². The third-order valence-corrected chi connectivity index (χ3v) is 3.86. The molecule has 2 aromatic rings. The molecule has 0 saturated carbocycles. The number of aromatic nitrogens is 1. The molecule has 0 radical (unpaired) electrons. The van der Waals surface area contributed by atoms with Crippen molar-refractivity contribution in [1.82, 2.24) is 9.88 Å². The second kappa shape index (κ2) is 5.20. The fraction of sp³-hybridized carbons (Fsp3) is 0.333. The number of hydrogen-bond acceptors (Lipinski definition) is 3. The lowest BCUT2D eigenvalue weighted by Gasteiger charge is -2.15. The van der Waals surface area contributed by atoms with E-state index >= 15 is 0 Å². The number of aromatic amines is 1. The van der Waals surface area contributed by atoms with Crippen LogP contribution in [0.25, 0.3) is 10.9 Å². The highest BCUT2D eigenvalue weighted by atomic mass is 19.1. The van der Waals surface area contributed by atoms with Gasteiger partial charge >= 0.3 is 0 Å². The molecule has 110 valence electrons. The number of fused-ring (bicyclic) bond motifs is 1. The number of carboxylic acids is 1. The second-order valence-electron chi connectivity index (χ2n) is 5.22. The Balaban J connectivity index is 2.02. The number of carboxylic acid groups (broad SMARTS) is 1. The number of benzene rings is 1. The highest BCUT2D eigenvalue weighted by Crippen LogP contribution is 2.25. The Bertz CT molecular complexity index is 717. The predicted molar refractivity (Wildman–Crippen MR) is 72.1 cm³/mol. The Hall–Kier alpha value is -2.37. The zero-order valence-electron chi connectivity index (χ0n) is 11.3. The lowest BCUT2D eigenvalue weighted by atomic mass is 10.1. The molecule has 21 heavy (non-hydrogen) atoms. The molecular formula is C15H14FN2O3-. The van der Waals surface area contributed by atoms with Gasteiger partial charge in [0.2, 0.25) is 5.91 Å². The summed E-state index contributed by atoms with van der Waals surface area (Å²) in [5, 5.41) is 11.6. The molecule has 0 bridgehead atoms. The molecule has 6 heteroatoms. The highest BCUT2D eigenvalue weighted by Gasteiger charge is 2.22. The lowest BCUT2D eigenvalue weighted by Crippen LogP contribution is -2.30. The van der Waals surface area contributed by atoms with Crippen LogP contribution in [-0.2, 0) is 11.2 Å². The molecular weight excluding hydrogens is 275 g/mol. The Labute approximate surface area is 120 Å². The summed E-state index contributed by atoms with van der Waals surface area (Å²) < 4.78 is 13.4. The van der Waals surface area contributed by atoms with Crippen molar-refractivity contribution < 1.29 is 19.1 Å². The van der Waals surface area contributed by atoms with Gasteiger partial charge in [-0.25, -0.2) is 4.39 Å². The van der Waals surface area contributed by atoms with E-state index in [1.807, 2.05) is 0 Å². The van der Waals surface area contributed by atoms with Gasteiger partial charge in [-0.15, -0.1) is 0 Å². The molecule has 0 spiro atoms. The van der Waals surface area contributed by atoms with Crippen molar-refractivity contribution in [2.24, 2.45) is 0 Å². The predicted octanol–water partition coefficient (Wildman–Crippen LogP) is 0.835. The van der Waals surface area contributed by atoms with E-state index in [-0.39, 0.29) is 18.0 Å². The number of amides is 1. The third kappa shape index (κ3) is 2.49. The van der Waals surface area contributed by atoms with Crippen molar-refractivity contribution in [1.29, 1.82) is 0 Å². The topological polar surface area (TPSA) is 76.2 Å². The SMILES string of the molecule is O=C([O-])c1[nH]c2ccc(F)cc2c1CC(=O)N1CCCC1. The maximum absolute atomic E-state index is 13.4. The standard InChI is InChI=1S/C15H15FN2O3/c16-9-3-4-12-10(7-9)11(14(17-12)15(20)21)8-13(19)18-5-1-2-6-18/h3-4,7,17H,1-2,5-6,8H2,(H,20,21)/p-1. The fourth-order valence-electron chi connectivity index (χ4n) is 2.81. The first-order valence-electron chi connectivity index (χ1n) is 6.85. The van der Waals surface area contributed by atoms with Crippen LogP contribution in [0.4, 0.5) is 4.39 Å². The summed E-state index contributed by atoms with van der Waals surface area (Å²) in [4.78, 5) is 27.8. The van der Waals surface area contributed by atoms with Crippen LogP contribution in [0.3, 0.4) is 0 Å². The van der Waals surface area contributed by atoms with Crippen molar-refractivity contribution in [3.8, 4) is 0 Å². The van der Waals surface area contributed by atoms with Crippen molar-refractivity contribution in [3.05, 3.63) is 35.3 Å². The van der Waals surface area contributed by atoms with E-state index < -0.39 is 11.8 Å². The number of nitrogens with zero attached hydrogens (tertiary/aromatic N) is 1. The van der Waals surface area contributed by atoms with Crippen molar-refractivity contribution >= 4 is 22.8 Å². The number of nitrogens with one attached hydrogen (secondary N) is 1. The van der Waals surface area contributed by atoms with E-state index in [9.17, 15) is 19.1 Å². The number of carbonyl (C=O) groups is 2. The zero-order chi connectivity index (χ0) is 15.0. The van der Waals surface area contributed by atoms with Crippen LogP contribution in [0.15, 0.2) is 18.2 Å². The first-order valence-corrected chi connectivity index (χ1v) is 6.85. The van der Waals surface area contributed by atoms with Gasteiger partial charge in [-0.05, 0) is 36.6 Å². The number of aromatic carboxylic acids is 1. The minimum Gasteiger partial charge on any atom is -0.543 e. The number of halogens is 1. The molecule has 1 saturated heterocycles. The van der Waals surface area contributed by atoms with Crippen LogP contribution in [0, 0.1) is 5.82 Å². The van der Waals surface area contributed by atoms with E-state index in [2.05, 4.69) is 4.98 Å². The van der Waals surface area contributed by atoms with Gasteiger partial charge in [-0.1, -0.05) is 0 Å². The van der Waals surface area contributed by atoms with E-state index in [1.54, 1.807) is 4.90 Å². The Kier molecular flexibility index (Phi) is 3.37. The number of H-pyrrole nitrogens is 1. The highest BCUT2D eigenvalue weighted by molar-refractivity contribution is 5.99. The second-order valence-corrected chi connectivity index (χ2v) is 5.22. The van der Waals surface area contributed by atoms with Gasteiger partial charge < -0.3 is 19.8 Å². The van der Waals surface area contributed by atoms with Crippen LogP contribution >= 0.6 is 0 Å². The van der Waals surface area contributed by atoms with Crippen LogP contribution in [0.5, 0.6) is 0 Å². The Morgan fingerprint density at radius 1 is 1.29 bits per heavy atom. The Morgan fingerprint density at radius 2 is 2.00 bits per heavy atom. The van der Waals surface area contributed by atoms with Crippen LogP contribution in [-0.4, -0.2) is 34.8 Å². The smallest absolute Gasteiger partial charge is 0.227 e. The fourth-order valence-corrected chi connectivity index (χ4v) is 2.81. The number of likely N-dealkylation sites (tertiary alicyclic amines) is 1. The average molecular weight is 289 g/mol. The summed E-state index contributed by atoms with van der Waals surface area (Å²) in [5.41, 5.74) is 0.629. The summed E-state index contributed by atoms with van der Waals surface area (Å²) in [6.07, 6.45) is 1.86. The molecule has 1 amide bonds. The van der Waals surface area contributed by atoms with E-state index in [0.29, 0.717) is 29.6 Å². The lowest BCUT2D eigenvalue weighted by molar-refractivity contribution is -0.255. The summed E-state index contributed by atoms with van der Waals surface area (Å²) in [7, 11) is 0. The van der Waals surface area contributed by atoms with Gasteiger partial charge in [-0.3, -0.25) is 4.79 Å². The average Bonchev–Trinajstić information content (AvgIpc) is 3.07. The van der Waals surface area contributed by atoms with E-state index in [4.69, 9.17) is 0 Å². The normalized spacial score (nSPS) is 14.8. The summed E-state index contributed by atoms with van der Waals surface area (Å²) >= 11 is 0. The maximum Gasteiger partial charge on any atom is 0.227 e. The molecule has 2 heterocycles. The van der Waals surface area contributed by atoms with Gasteiger partial charge in [0, 0.05) is 24.0 Å². The molecule has 1 aliphatic heterocycles. The molecule has 0 atom stereocenters. The van der Waals surface area contributed by atoms with E-state index in [0.717, 1.165) is 12.8 Å². The molecule has 1 aromatic heterocycles. The van der Waals surface area contributed by atoms with Crippen molar-refractivity contribution in [2.75, 3.05) is 13.1 Å². The Morgan fingerprint density at radius 3 is 2.67 bits per heavy atom. The summed E-state index contributed by atoms with van der Waals surface area (Å²) in [6.45, 7) is 1.38.